The van der Waals surface area contributed by atoms with Crippen LogP contribution in [0.2, 0.25) is 0 Å². The number of amides is 1. The van der Waals surface area contributed by atoms with Crippen molar-refractivity contribution in [2.45, 2.75) is 20.8 Å². The number of carbonyl (C=O) groups is 2. The second-order valence-corrected chi connectivity index (χ2v) is 9.19. The number of aryl methyl sites for hydroxylation is 2. The van der Waals surface area contributed by atoms with Gasteiger partial charge in [-0.25, -0.2) is 4.79 Å². The van der Waals surface area contributed by atoms with Crippen molar-refractivity contribution in [2.24, 2.45) is 0 Å². The summed E-state index contributed by atoms with van der Waals surface area (Å²) in [5.41, 5.74) is 4.94. The molecular weight excluding hydrogens is 518 g/mol. The van der Waals surface area contributed by atoms with Crippen molar-refractivity contribution < 1.29 is 23.8 Å². The summed E-state index contributed by atoms with van der Waals surface area (Å²) in [5.74, 6) is 0.269. The molecule has 3 rings (SSSR count). The zero-order valence-electron chi connectivity index (χ0n) is 19.7. The monoisotopic (exact) mass is 543 g/mol. The third-order valence-electron chi connectivity index (χ3n) is 5.06. The number of ether oxygens (including phenoxy) is 3. The Balaban J connectivity index is 1.90. The topological polar surface area (TPSA) is 73.9 Å². The first-order valence-corrected chi connectivity index (χ1v) is 12.2. The molecule has 0 aliphatic rings. The van der Waals surface area contributed by atoms with Gasteiger partial charge in [0.05, 0.1) is 25.3 Å². The molecule has 0 radical (unpaired) electrons. The van der Waals surface area contributed by atoms with Gasteiger partial charge in [0.1, 0.15) is 10.6 Å². The average molecular weight is 544 g/mol. The van der Waals surface area contributed by atoms with Crippen LogP contribution in [0.4, 0.5) is 5.00 Å². The fourth-order valence-electron chi connectivity index (χ4n) is 3.53. The molecule has 6 nitrogen and oxygen atoms in total. The van der Waals surface area contributed by atoms with E-state index in [0.717, 1.165) is 27.8 Å². The number of hydrogen-bond donors (Lipinski definition) is 1. The zero-order chi connectivity index (χ0) is 24.8. The fourth-order valence-corrected chi connectivity index (χ4v) is 5.10. The van der Waals surface area contributed by atoms with E-state index in [1.54, 1.807) is 33.3 Å². The van der Waals surface area contributed by atoms with Crippen molar-refractivity contribution in [1.29, 1.82) is 0 Å². The minimum absolute atomic E-state index is 0.239. The summed E-state index contributed by atoms with van der Waals surface area (Å²) in [6.07, 6.45) is 3.06. The van der Waals surface area contributed by atoms with Crippen molar-refractivity contribution in [1.82, 2.24) is 0 Å². The highest BCUT2D eigenvalue weighted by atomic mass is 79.9. The second kappa shape index (κ2) is 11.4. The van der Waals surface area contributed by atoms with Gasteiger partial charge in [0, 0.05) is 17.0 Å². The molecule has 3 aromatic rings. The first-order chi connectivity index (χ1) is 16.3. The van der Waals surface area contributed by atoms with Gasteiger partial charge in [0.15, 0.2) is 11.5 Å². The third-order valence-corrected chi connectivity index (χ3v) is 6.55. The lowest BCUT2D eigenvalue weighted by molar-refractivity contribution is -0.111. The van der Waals surface area contributed by atoms with Crippen LogP contribution < -0.4 is 14.8 Å². The molecule has 178 valence electrons. The van der Waals surface area contributed by atoms with E-state index in [4.69, 9.17) is 14.2 Å². The van der Waals surface area contributed by atoms with Gasteiger partial charge < -0.3 is 19.5 Å². The Morgan fingerprint density at radius 3 is 2.50 bits per heavy atom. The van der Waals surface area contributed by atoms with E-state index in [1.807, 2.05) is 37.4 Å². The van der Waals surface area contributed by atoms with Crippen LogP contribution in [0.5, 0.6) is 11.5 Å². The molecule has 0 fully saturated rings. The molecule has 8 heteroatoms. The van der Waals surface area contributed by atoms with E-state index in [-0.39, 0.29) is 12.5 Å². The van der Waals surface area contributed by atoms with Gasteiger partial charge in [-0.3, -0.25) is 4.79 Å². The number of hydrogen-bond acceptors (Lipinski definition) is 6. The lowest BCUT2D eigenvalue weighted by Crippen LogP contribution is -2.12. The molecule has 0 aliphatic carbocycles. The van der Waals surface area contributed by atoms with Crippen LogP contribution in [-0.4, -0.2) is 32.7 Å². The van der Waals surface area contributed by atoms with Crippen LogP contribution in [0.25, 0.3) is 17.2 Å². The van der Waals surface area contributed by atoms with Gasteiger partial charge >= 0.3 is 5.97 Å². The van der Waals surface area contributed by atoms with Crippen molar-refractivity contribution >= 4 is 50.2 Å². The van der Waals surface area contributed by atoms with Gasteiger partial charge in [-0.15, -0.1) is 11.3 Å². The predicted molar refractivity (Wildman–Crippen MR) is 140 cm³/mol. The molecule has 1 amide bonds. The van der Waals surface area contributed by atoms with Crippen LogP contribution in [0, 0.1) is 13.8 Å². The molecule has 34 heavy (non-hydrogen) atoms. The van der Waals surface area contributed by atoms with Crippen LogP contribution in [0.3, 0.4) is 0 Å². The Bertz CT molecular complexity index is 1250. The standard InChI is InChI=1S/C26H26BrNO5S/c1-6-33-26(30)23-19(18-9-7-15(2)11-16(18)3)14-34-25(23)28-22(29)10-8-17-12-20(27)24(32-5)21(13-17)31-4/h7-14H,6H2,1-5H3,(H,28,29)/b10-8+. The summed E-state index contributed by atoms with van der Waals surface area (Å²) in [4.78, 5) is 25.5. The maximum absolute atomic E-state index is 12.8. The molecule has 2 aromatic carbocycles. The molecular formula is C26H26BrNO5S. The number of nitrogens with one attached hydrogen (secondary N) is 1. The minimum Gasteiger partial charge on any atom is -0.493 e. The summed E-state index contributed by atoms with van der Waals surface area (Å²) in [6.45, 7) is 6.01. The van der Waals surface area contributed by atoms with Gasteiger partial charge in [-0.2, -0.15) is 0 Å². The SMILES string of the molecule is CCOC(=O)c1c(-c2ccc(C)cc2C)csc1NC(=O)/C=C/c1cc(Br)c(OC)c(OC)c1. The molecule has 0 atom stereocenters. The van der Waals surface area contributed by atoms with Crippen molar-refractivity contribution in [3.05, 3.63) is 68.5 Å². The van der Waals surface area contributed by atoms with Crippen LogP contribution in [-0.2, 0) is 9.53 Å². The highest BCUT2D eigenvalue weighted by Crippen LogP contribution is 2.38. The Morgan fingerprint density at radius 1 is 1.09 bits per heavy atom. The van der Waals surface area contributed by atoms with E-state index in [2.05, 4.69) is 27.3 Å². The normalized spacial score (nSPS) is 10.9. The molecule has 1 aromatic heterocycles. The van der Waals surface area contributed by atoms with E-state index in [9.17, 15) is 9.59 Å². The maximum atomic E-state index is 12.8. The van der Waals surface area contributed by atoms with Gasteiger partial charge in [-0.05, 0) is 71.6 Å². The number of thiophene rings is 1. The quantitative estimate of drug-likeness (QED) is 0.254. The summed E-state index contributed by atoms with van der Waals surface area (Å²) in [5, 5.41) is 5.14. The van der Waals surface area contributed by atoms with E-state index >= 15 is 0 Å². The molecule has 0 unspecified atom stereocenters. The number of rotatable bonds is 8. The zero-order valence-corrected chi connectivity index (χ0v) is 22.1. The summed E-state index contributed by atoms with van der Waals surface area (Å²) in [6, 6.07) is 9.62. The number of esters is 1. The second-order valence-electron chi connectivity index (χ2n) is 7.45. The van der Waals surface area contributed by atoms with Crippen LogP contribution in [0.1, 0.15) is 34.0 Å². The first-order valence-electron chi connectivity index (χ1n) is 10.6. The van der Waals surface area contributed by atoms with E-state index in [0.29, 0.717) is 26.5 Å². The number of benzene rings is 2. The highest BCUT2D eigenvalue weighted by molar-refractivity contribution is 9.10. The minimum atomic E-state index is -0.471. The average Bonchev–Trinajstić information content (AvgIpc) is 3.20. The number of methoxy groups -OCH3 is 2. The molecule has 0 saturated heterocycles. The van der Waals surface area contributed by atoms with Crippen molar-refractivity contribution in [2.75, 3.05) is 26.1 Å². The van der Waals surface area contributed by atoms with Crippen molar-refractivity contribution in [3.8, 4) is 22.6 Å². The first kappa shape index (κ1) is 25.5. The van der Waals surface area contributed by atoms with E-state index in [1.165, 1.54) is 17.4 Å². The molecule has 0 aliphatic heterocycles. The molecule has 0 saturated carbocycles. The number of carbonyl (C=O) groups excluding carboxylic acids is 2. The van der Waals surface area contributed by atoms with Crippen molar-refractivity contribution in [3.63, 3.8) is 0 Å². The van der Waals surface area contributed by atoms with Gasteiger partial charge in [0.2, 0.25) is 5.91 Å². The third kappa shape index (κ3) is 5.69. The molecule has 0 spiro atoms. The van der Waals surface area contributed by atoms with Gasteiger partial charge in [0.25, 0.3) is 0 Å². The van der Waals surface area contributed by atoms with Crippen LogP contribution in [0.15, 0.2) is 46.3 Å². The predicted octanol–water partition coefficient (Wildman–Crippen LogP) is 6.64. The molecule has 0 bridgehead atoms. The smallest absolute Gasteiger partial charge is 0.341 e. The summed E-state index contributed by atoms with van der Waals surface area (Å²) < 4.78 is 16.7. The lowest BCUT2D eigenvalue weighted by atomic mass is 9.97. The maximum Gasteiger partial charge on any atom is 0.341 e. The fraction of sp³-hybridized carbons (Fsp3) is 0.231. The Labute approximate surface area is 211 Å². The highest BCUT2D eigenvalue weighted by Gasteiger charge is 2.23. The van der Waals surface area contributed by atoms with E-state index < -0.39 is 5.97 Å². The van der Waals surface area contributed by atoms with Crippen LogP contribution >= 0.6 is 27.3 Å². The Kier molecular flexibility index (Phi) is 8.52. The molecule has 1 N–H and O–H groups in total. The van der Waals surface area contributed by atoms with Gasteiger partial charge in [-0.1, -0.05) is 23.8 Å². The Hall–Kier alpha value is -3.10. The Morgan fingerprint density at radius 2 is 1.85 bits per heavy atom. The number of anilines is 1. The largest absolute Gasteiger partial charge is 0.493 e. The summed E-state index contributed by atoms with van der Waals surface area (Å²) in [7, 11) is 3.10. The molecule has 1 heterocycles. The lowest BCUT2D eigenvalue weighted by Gasteiger charge is -2.11. The number of halogens is 1. The summed E-state index contributed by atoms with van der Waals surface area (Å²) >= 11 is 4.74.